The van der Waals surface area contributed by atoms with E-state index in [0.717, 1.165) is 0 Å². The molecule has 0 saturated carbocycles. The number of carbonyl (C=O) groups excluding carboxylic acids is 1. The molecule has 4 nitrogen and oxygen atoms in total. The monoisotopic (exact) mass is 319 g/mol. The molecule has 17 heavy (non-hydrogen) atoms. The standard InChI is InChI=1S/C11H11BrClNO3/c1-2-14(6-10(15)16)11(17)8-4-3-7(13)5-9(8)12/h3-5H,2,6H2,1H3,(H,15,16). The van der Waals surface area contributed by atoms with Crippen molar-refractivity contribution in [2.45, 2.75) is 6.92 Å². The maximum absolute atomic E-state index is 12.0. The van der Waals surface area contributed by atoms with Crippen molar-refractivity contribution in [2.75, 3.05) is 13.1 Å². The third-order valence-electron chi connectivity index (χ3n) is 2.16. The fraction of sp³-hybridized carbons (Fsp3) is 0.273. The van der Waals surface area contributed by atoms with E-state index in [1.807, 2.05) is 0 Å². The van der Waals surface area contributed by atoms with Gasteiger partial charge in [0.1, 0.15) is 6.54 Å². The highest BCUT2D eigenvalue weighted by Crippen LogP contribution is 2.22. The molecule has 0 spiro atoms. The summed E-state index contributed by atoms with van der Waals surface area (Å²) < 4.78 is 0.554. The molecule has 1 aromatic rings. The number of likely N-dealkylation sites (N-methyl/N-ethyl adjacent to an activating group) is 1. The van der Waals surface area contributed by atoms with E-state index in [0.29, 0.717) is 21.6 Å². The second-order valence-corrected chi connectivity index (χ2v) is 4.63. The van der Waals surface area contributed by atoms with Crippen LogP contribution in [0.5, 0.6) is 0 Å². The molecule has 92 valence electrons. The lowest BCUT2D eigenvalue weighted by Crippen LogP contribution is -2.35. The van der Waals surface area contributed by atoms with Gasteiger partial charge in [-0.1, -0.05) is 11.6 Å². The average molecular weight is 321 g/mol. The van der Waals surface area contributed by atoms with Crippen molar-refractivity contribution in [3.05, 3.63) is 33.3 Å². The summed E-state index contributed by atoms with van der Waals surface area (Å²) in [5, 5.41) is 9.21. The predicted molar refractivity (Wildman–Crippen MR) is 68.4 cm³/mol. The van der Waals surface area contributed by atoms with Crippen LogP contribution >= 0.6 is 27.5 Å². The molecule has 0 bridgehead atoms. The van der Waals surface area contributed by atoms with Crippen molar-refractivity contribution in [3.8, 4) is 0 Å². The van der Waals surface area contributed by atoms with Gasteiger partial charge in [0.2, 0.25) is 0 Å². The van der Waals surface area contributed by atoms with Crippen molar-refractivity contribution in [3.63, 3.8) is 0 Å². The van der Waals surface area contributed by atoms with Crippen molar-refractivity contribution in [1.29, 1.82) is 0 Å². The summed E-state index contributed by atoms with van der Waals surface area (Å²) in [7, 11) is 0. The molecule has 0 aromatic heterocycles. The van der Waals surface area contributed by atoms with Crippen molar-refractivity contribution in [1.82, 2.24) is 4.90 Å². The summed E-state index contributed by atoms with van der Waals surface area (Å²) in [6.45, 7) is 1.75. The van der Waals surface area contributed by atoms with Crippen molar-refractivity contribution in [2.24, 2.45) is 0 Å². The van der Waals surface area contributed by atoms with E-state index < -0.39 is 5.97 Å². The molecule has 0 atom stereocenters. The highest BCUT2D eigenvalue weighted by Gasteiger charge is 2.19. The number of amides is 1. The first-order valence-corrected chi connectivity index (χ1v) is 6.09. The molecule has 0 radical (unpaired) electrons. The van der Waals surface area contributed by atoms with E-state index in [1.54, 1.807) is 25.1 Å². The molecule has 6 heteroatoms. The summed E-state index contributed by atoms with van der Waals surface area (Å²) in [6, 6.07) is 4.76. The van der Waals surface area contributed by atoms with Gasteiger partial charge in [0, 0.05) is 16.0 Å². The van der Waals surface area contributed by atoms with E-state index in [1.165, 1.54) is 4.90 Å². The maximum atomic E-state index is 12.0. The van der Waals surface area contributed by atoms with E-state index in [4.69, 9.17) is 16.7 Å². The lowest BCUT2D eigenvalue weighted by atomic mass is 10.2. The summed E-state index contributed by atoms with van der Waals surface area (Å²) >= 11 is 9.00. The number of carboxylic acids is 1. The van der Waals surface area contributed by atoms with Gasteiger partial charge in [0.05, 0.1) is 5.56 Å². The second kappa shape index (κ2) is 6.02. The number of hydrogen-bond donors (Lipinski definition) is 1. The van der Waals surface area contributed by atoms with Gasteiger partial charge in [-0.15, -0.1) is 0 Å². The van der Waals surface area contributed by atoms with E-state index in [2.05, 4.69) is 15.9 Å². The van der Waals surface area contributed by atoms with Gasteiger partial charge >= 0.3 is 5.97 Å². The molecule has 1 N–H and O–H groups in total. The summed E-state index contributed by atoms with van der Waals surface area (Å²) in [4.78, 5) is 23.9. The number of nitrogens with zero attached hydrogens (tertiary/aromatic N) is 1. The van der Waals surface area contributed by atoms with Gasteiger partial charge in [-0.25, -0.2) is 0 Å². The molecular formula is C11H11BrClNO3. The van der Waals surface area contributed by atoms with Crippen LogP contribution in [-0.2, 0) is 4.79 Å². The maximum Gasteiger partial charge on any atom is 0.323 e. The van der Waals surface area contributed by atoms with Crippen LogP contribution in [-0.4, -0.2) is 35.0 Å². The minimum Gasteiger partial charge on any atom is -0.480 e. The summed E-state index contributed by atoms with van der Waals surface area (Å²) in [6.07, 6.45) is 0. The number of carbonyl (C=O) groups is 2. The Morgan fingerprint density at radius 3 is 2.59 bits per heavy atom. The number of hydrogen-bond acceptors (Lipinski definition) is 2. The molecule has 1 amide bonds. The number of benzene rings is 1. The predicted octanol–water partition coefficient (Wildman–Crippen LogP) is 2.65. The Labute approximate surface area is 112 Å². The lowest BCUT2D eigenvalue weighted by molar-refractivity contribution is -0.137. The van der Waals surface area contributed by atoms with E-state index in [-0.39, 0.29) is 12.5 Å². The third-order valence-corrected chi connectivity index (χ3v) is 3.05. The summed E-state index contributed by atoms with van der Waals surface area (Å²) in [5.74, 6) is -1.37. The van der Waals surface area contributed by atoms with Crippen molar-refractivity contribution < 1.29 is 14.7 Å². The van der Waals surface area contributed by atoms with Crippen LogP contribution in [0.1, 0.15) is 17.3 Å². The Kier molecular flexibility index (Phi) is 4.96. The minimum atomic E-state index is -1.04. The van der Waals surface area contributed by atoms with Gasteiger partial charge in [0.15, 0.2) is 0 Å². The molecule has 0 aliphatic heterocycles. The van der Waals surface area contributed by atoms with E-state index in [9.17, 15) is 9.59 Å². The molecule has 1 aromatic carbocycles. The van der Waals surface area contributed by atoms with Gasteiger partial charge in [-0.2, -0.15) is 0 Å². The quantitative estimate of drug-likeness (QED) is 0.928. The first kappa shape index (κ1) is 14.0. The molecule has 0 saturated heterocycles. The Hall–Kier alpha value is -1.07. The number of aliphatic carboxylic acids is 1. The van der Waals surface area contributed by atoms with Crippen LogP contribution in [0.3, 0.4) is 0 Å². The van der Waals surface area contributed by atoms with Gasteiger partial charge in [-0.05, 0) is 41.1 Å². The fourth-order valence-electron chi connectivity index (χ4n) is 1.32. The molecule has 0 aliphatic carbocycles. The van der Waals surface area contributed by atoms with Crippen LogP contribution in [0.25, 0.3) is 0 Å². The Morgan fingerprint density at radius 1 is 1.47 bits per heavy atom. The molecule has 1 rings (SSSR count). The smallest absolute Gasteiger partial charge is 0.323 e. The number of carboxylic acid groups (broad SMARTS) is 1. The van der Waals surface area contributed by atoms with Crippen LogP contribution in [0, 0.1) is 0 Å². The minimum absolute atomic E-state index is 0.315. The lowest BCUT2D eigenvalue weighted by Gasteiger charge is -2.19. The third kappa shape index (κ3) is 3.71. The second-order valence-electron chi connectivity index (χ2n) is 3.34. The van der Waals surface area contributed by atoms with Crippen LogP contribution in [0.2, 0.25) is 5.02 Å². The average Bonchev–Trinajstić information content (AvgIpc) is 2.24. The Balaban J connectivity index is 2.97. The highest BCUT2D eigenvalue weighted by molar-refractivity contribution is 9.10. The van der Waals surface area contributed by atoms with Crippen LogP contribution in [0.15, 0.2) is 22.7 Å². The molecular weight excluding hydrogens is 309 g/mol. The zero-order chi connectivity index (χ0) is 13.0. The summed E-state index contributed by atoms with van der Waals surface area (Å²) in [5.41, 5.74) is 0.400. The highest BCUT2D eigenvalue weighted by atomic mass is 79.9. The number of rotatable bonds is 4. The van der Waals surface area contributed by atoms with Gasteiger partial charge < -0.3 is 10.0 Å². The molecule has 0 aliphatic rings. The Morgan fingerprint density at radius 2 is 2.12 bits per heavy atom. The van der Waals surface area contributed by atoms with Gasteiger partial charge in [0.25, 0.3) is 5.91 Å². The van der Waals surface area contributed by atoms with Crippen molar-refractivity contribution >= 4 is 39.4 Å². The molecule has 0 unspecified atom stereocenters. The zero-order valence-electron chi connectivity index (χ0n) is 9.11. The van der Waals surface area contributed by atoms with E-state index >= 15 is 0 Å². The zero-order valence-corrected chi connectivity index (χ0v) is 11.5. The first-order valence-electron chi connectivity index (χ1n) is 4.91. The topological polar surface area (TPSA) is 57.6 Å². The Bertz CT molecular complexity index is 450. The molecule has 0 heterocycles. The first-order chi connectivity index (χ1) is 7.95. The molecule has 0 fully saturated rings. The largest absolute Gasteiger partial charge is 0.480 e. The SMILES string of the molecule is CCN(CC(=O)O)C(=O)c1ccc(Cl)cc1Br. The van der Waals surface area contributed by atoms with Crippen LogP contribution < -0.4 is 0 Å². The normalized spacial score (nSPS) is 10.1. The van der Waals surface area contributed by atoms with Gasteiger partial charge in [-0.3, -0.25) is 9.59 Å². The number of halogens is 2. The van der Waals surface area contributed by atoms with Crippen LogP contribution in [0.4, 0.5) is 0 Å². The fourth-order valence-corrected chi connectivity index (χ4v) is 2.18.